The lowest BCUT2D eigenvalue weighted by molar-refractivity contribution is 0.595. The minimum absolute atomic E-state index is 0.247. The van der Waals surface area contributed by atoms with E-state index in [1.807, 2.05) is 32.9 Å². The van der Waals surface area contributed by atoms with Crippen molar-refractivity contribution >= 4 is 17.5 Å². The second-order valence-corrected chi connectivity index (χ2v) is 7.55. The van der Waals surface area contributed by atoms with Crippen molar-refractivity contribution in [2.24, 2.45) is 0 Å². The van der Waals surface area contributed by atoms with Gasteiger partial charge in [-0.05, 0) is 51.3 Å². The summed E-state index contributed by atoms with van der Waals surface area (Å²) in [5.74, 6) is 3.14. The maximum absolute atomic E-state index is 13.2. The molecule has 1 aliphatic carbocycles. The largest absolute Gasteiger partial charge is 0.361 e. The van der Waals surface area contributed by atoms with E-state index in [9.17, 15) is 4.39 Å². The third-order valence-electron chi connectivity index (χ3n) is 4.72. The Morgan fingerprint density at radius 1 is 1.04 bits per heavy atom. The van der Waals surface area contributed by atoms with Gasteiger partial charge >= 0.3 is 0 Å². The Bertz CT molecular complexity index is 943. The Morgan fingerprint density at radius 2 is 1.74 bits per heavy atom. The number of aromatic amines is 1. The van der Waals surface area contributed by atoms with Crippen LogP contribution in [0.2, 0.25) is 0 Å². The molecule has 3 aromatic rings. The summed E-state index contributed by atoms with van der Waals surface area (Å²) in [5.41, 5.74) is 1.71. The molecule has 1 fully saturated rings. The van der Waals surface area contributed by atoms with Gasteiger partial charge in [0.25, 0.3) is 0 Å². The van der Waals surface area contributed by atoms with Crippen molar-refractivity contribution in [1.82, 2.24) is 20.2 Å². The molecule has 0 aliphatic heterocycles. The van der Waals surface area contributed by atoms with Crippen molar-refractivity contribution in [2.45, 2.75) is 45.1 Å². The van der Waals surface area contributed by atoms with E-state index in [4.69, 9.17) is 0 Å². The van der Waals surface area contributed by atoms with Crippen LogP contribution in [0.15, 0.2) is 36.4 Å². The summed E-state index contributed by atoms with van der Waals surface area (Å²) in [6.45, 7) is 5.91. The van der Waals surface area contributed by atoms with Crippen molar-refractivity contribution in [2.75, 3.05) is 10.6 Å². The lowest BCUT2D eigenvalue weighted by Crippen LogP contribution is -2.28. The van der Waals surface area contributed by atoms with E-state index < -0.39 is 5.54 Å². The molecule has 7 heteroatoms. The van der Waals surface area contributed by atoms with Crippen molar-refractivity contribution in [3.05, 3.63) is 59.3 Å². The number of aryl methyl sites for hydroxylation is 1. The molecular formula is C20H23FN6. The molecule has 1 aromatic carbocycles. The van der Waals surface area contributed by atoms with Crippen LogP contribution < -0.4 is 10.6 Å². The van der Waals surface area contributed by atoms with Crippen LogP contribution in [-0.4, -0.2) is 20.2 Å². The fraction of sp³-hybridized carbons (Fsp3) is 0.350. The summed E-state index contributed by atoms with van der Waals surface area (Å²) in [6, 6.07) is 10.4. The van der Waals surface area contributed by atoms with Gasteiger partial charge in [-0.3, -0.25) is 5.10 Å². The fourth-order valence-electron chi connectivity index (χ4n) is 3.09. The van der Waals surface area contributed by atoms with Crippen LogP contribution in [0.5, 0.6) is 0 Å². The Balaban J connectivity index is 1.53. The number of H-pyrrole nitrogens is 1. The molecule has 140 valence electrons. The van der Waals surface area contributed by atoms with Crippen LogP contribution in [-0.2, 0) is 5.54 Å². The van der Waals surface area contributed by atoms with Gasteiger partial charge in [-0.15, -0.1) is 0 Å². The van der Waals surface area contributed by atoms with Gasteiger partial charge in [0.2, 0.25) is 0 Å². The van der Waals surface area contributed by atoms with Crippen LogP contribution in [0, 0.1) is 12.7 Å². The number of halogens is 1. The minimum Gasteiger partial charge on any atom is -0.361 e. The number of hydrogen-bond acceptors (Lipinski definition) is 5. The third-order valence-corrected chi connectivity index (χ3v) is 4.72. The van der Waals surface area contributed by atoms with Crippen molar-refractivity contribution in [1.29, 1.82) is 0 Å². The maximum atomic E-state index is 13.2. The average molecular weight is 366 g/mol. The van der Waals surface area contributed by atoms with Gasteiger partial charge in [0, 0.05) is 23.7 Å². The number of hydrogen-bond donors (Lipinski definition) is 3. The van der Waals surface area contributed by atoms with Gasteiger partial charge in [0.15, 0.2) is 5.82 Å². The molecule has 1 aliphatic rings. The number of aromatic nitrogens is 4. The van der Waals surface area contributed by atoms with E-state index in [1.165, 1.54) is 30.7 Å². The highest BCUT2D eigenvalue weighted by atomic mass is 19.1. The molecular weight excluding hydrogens is 343 g/mol. The third kappa shape index (κ3) is 4.07. The van der Waals surface area contributed by atoms with E-state index in [0.717, 1.165) is 11.4 Å². The molecule has 0 unspecified atom stereocenters. The molecule has 4 rings (SSSR count). The van der Waals surface area contributed by atoms with Crippen molar-refractivity contribution in [3.63, 3.8) is 0 Å². The van der Waals surface area contributed by atoms with Gasteiger partial charge in [-0.1, -0.05) is 12.1 Å². The number of nitrogens with zero attached hydrogens (tertiary/aromatic N) is 3. The normalized spacial score (nSPS) is 14.2. The predicted octanol–water partition coefficient (Wildman–Crippen LogP) is 4.62. The first-order valence-electron chi connectivity index (χ1n) is 9.11. The Kier molecular flexibility index (Phi) is 4.30. The number of nitrogens with one attached hydrogen (secondary N) is 3. The monoisotopic (exact) mass is 366 g/mol. The lowest BCUT2D eigenvalue weighted by atomic mass is 9.94. The van der Waals surface area contributed by atoms with E-state index >= 15 is 0 Å². The second-order valence-electron chi connectivity index (χ2n) is 7.55. The number of anilines is 3. The highest BCUT2D eigenvalue weighted by Gasteiger charge is 2.25. The number of rotatable bonds is 6. The average Bonchev–Trinajstić information content (AvgIpc) is 3.34. The zero-order chi connectivity index (χ0) is 19.0. The Labute approximate surface area is 157 Å². The molecule has 6 nitrogen and oxygen atoms in total. The predicted molar refractivity (Wildman–Crippen MR) is 104 cm³/mol. The molecule has 0 amide bonds. The van der Waals surface area contributed by atoms with Gasteiger partial charge in [0.1, 0.15) is 23.3 Å². The van der Waals surface area contributed by atoms with E-state index in [0.29, 0.717) is 23.4 Å². The molecule has 0 saturated heterocycles. The fourth-order valence-corrected chi connectivity index (χ4v) is 3.09. The van der Waals surface area contributed by atoms with Crippen molar-refractivity contribution in [3.8, 4) is 0 Å². The highest BCUT2D eigenvalue weighted by Crippen LogP contribution is 2.39. The molecule has 1 saturated carbocycles. The van der Waals surface area contributed by atoms with Crippen LogP contribution in [0.1, 0.15) is 49.7 Å². The van der Waals surface area contributed by atoms with Gasteiger partial charge in [0.05, 0.1) is 5.54 Å². The van der Waals surface area contributed by atoms with Crippen LogP contribution in [0.3, 0.4) is 0 Å². The summed E-state index contributed by atoms with van der Waals surface area (Å²) in [5, 5.41) is 14.0. The zero-order valence-corrected chi connectivity index (χ0v) is 15.7. The lowest BCUT2D eigenvalue weighted by Gasteiger charge is -2.28. The summed E-state index contributed by atoms with van der Waals surface area (Å²) in [7, 11) is 0. The summed E-state index contributed by atoms with van der Waals surface area (Å²) in [6.07, 6.45) is 2.45. The highest BCUT2D eigenvalue weighted by molar-refractivity contribution is 5.57. The molecule has 3 N–H and O–H groups in total. The first-order chi connectivity index (χ1) is 12.9. The van der Waals surface area contributed by atoms with Crippen LogP contribution in [0.25, 0.3) is 0 Å². The van der Waals surface area contributed by atoms with Crippen LogP contribution in [0.4, 0.5) is 21.8 Å². The summed E-state index contributed by atoms with van der Waals surface area (Å²) >= 11 is 0. The molecule has 0 bridgehead atoms. The second kappa shape index (κ2) is 6.64. The van der Waals surface area contributed by atoms with E-state index in [1.54, 1.807) is 12.1 Å². The molecule has 0 radical (unpaired) electrons. The SMILES string of the molecule is Cc1nc(Nc2cc(C3CC3)[nH]n2)cc(NC(C)(C)c2ccc(F)cc2)n1. The minimum atomic E-state index is -0.419. The molecule has 2 heterocycles. The van der Waals surface area contributed by atoms with Gasteiger partial charge < -0.3 is 10.6 Å². The zero-order valence-electron chi connectivity index (χ0n) is 15.7. The van der Waals surface area contributed by atoms with Gasteiger partial charge in [-0.2, -0.15) is 5.10 Å². The maximum Gasteiger partial charge on any atom is 0.153 e. The Hall–Kier alpha value is -2.96. The summed E-state index contributed by atoms with van der Waals surface area (Å²) < 4.78 is 13.2. The summed E-state index contributed by atoms with van der Waals surface area (Å²) in [4.78, 5) is 8.93. The van der Waals surface area contributed by atoms with Crippen LogP contribution >= 0.6 is 0 Å². The van der Waals surface area contributed by atoms with E-state index in [2.05, 4.69) is 30.8 Å². The molecule has 0 atom stereocenters. The molecule has 2 aromatic heterocycles. The van der Waals surface area contributed by atoms with E-state index in [-0.39, 0.29) is 5.82 Å². The standard InChI is InChI=1S/C20H23FN6/c1-12-22-17(24-19-10-16(26-27-19)13-4-5-13)11-18(23-12)25-20(2,3)14-6-8-15(21)9-7-14/h6-11,13H,4-5H2,1-3H3,(H3,22,23,24,25,26,27). The smallest absolute Gasteiger partial charge is 0.153 e. The van der Waals surface area contributed by atoms with Gasteiger partial charge in [-0.25, -0.2) is 14.4 Å². The van der Waals surface area contributed by atoms with Crippen molar-refractivity contribution < 1.29 is 4.39 Å². The number of benzene rings is 1. The Morgan fingerprint density at radius 3 is 2.44 bits per heavy atom. The topological polar surface area (TPSA) is 78.5 Å². The molecule has 0 spiro atoms. The first kappa shape index (κ1) is 17.5. The first-order valence-corrected chi connectivity index (χ1v) is 9.11. The quantitative estimate of drug-likeness (QED) is 0.593. The molecule has 27 heavy (non-hydrogen) atoms.